The number of azo groups is 1. The normalized spacial score (nSPS) is 11.9. The Kier molecular flexibility index (Phi) is 7.33. The largest absolute Gasteiger partial charge is 0.516 e. The summed E-state index contributed by atoms with van der Waals surface area (Å²) in [4.78, 5) is 5.51. The van der Waals surface area contributed by atoms with Gasteiger partial charge in [-0.05, 0) is 26.0 Å². The SMILES string of the molecule is CCN(CC)c1cc(NS(=O)(=O)C(F)(F)F)c(N=Nc2nc(C#N)c(C#N)n2C)cc1Cl. The zero-order valence-electron chi connectivity index (χ0n) is 16.9. The number of nitriles is 2. The van der Waals surface area contributed by atoms with Crippen LogP contribution in [-0.4, -0.2) is 36.6 Å². The molecule has 0 fully saturated rings. The number of nitrogens with zero attached hydrogens (tertiary/aromatic N) is 7. The van der Waals surface area contributed by atoms with Gasteiger partial charge in [-0.2, -0.15) is 37.1 Å². The highest BCUT2D eigenvalue weighted by molar-refractivity contribution is 7.93. The molecule has 0 saturated carbocycles. The summed E-state index contributed by atoms with van der Waals surface area (Å²) >= 11 is 6.25. The zero-order chi connectivity index (χ0) is 24.3. The molecule has 0 aliphatic heterocycles. The molecule has 10 nitrogen and oxygen atoms in total. The Bertz CT molecular complexity index is 1240. The van der Waals surface area contributed by atoms with Crippen molar-refractivity contribution in [2.24, 2.45) is 17.3 Å². The van der Waals surface area contributed by atoms with Gasteiger partial charge in [-0.25, -0.2) is 0 Å². The lowest BCUT2D eigenvalue weighted by Gasteiger charge is -2.24. The Morgan fingerprint density at radius 1 is 1.22 bits per heavy atom. The van der Waals surface area contributed by atoms with Crippen LogP contribution in [0.1, 0.15) is 25.2 Å². The van der Waals surface area contributed by atoms with Crippen molar-refractivity contribution in [3.05, 3.63) is 28.5 Å². The molecular formula is C17H16ClF3N8O2S. The molecular weight excluding hydrogens is 473 g/mol. The molecule has 2 rings (SSSR count). The van der Waals surface area contributed by atoms with Crippen LogP contribution < -0.4 is 9.62 Å². The number of alkyl halides is 3. The van der Waals surface area contributed by atoms with E-state index in [1.165, 1.54) is 11.8 Å². The summed E-state index contributed by atoms with van der Waals surface area (Å²) in [6.07, 6.45) is 0. The van der Waals surface area contributed by atoms with Gasteiger partial charge in [0.15, 0.2) is 11.4 Å². The number of halogens is 4. The lowest BCUT2D eigenvalue weighted by Crippen LogP contribution is -2.30. The molecule has 0 unspecified atom stereocenters. The molecule has 0 atom stereocenters. The molecule has 0 saturated heterocycles. The summed E-state index contributed by atoms with van der Waals surface area (Å²) in [7, 11) is -4.38. The van der Waals surface area contributed by atoms with Crippen LogP contribution in [0, 0.1) is 22.7 Å². The average Bonchev–Trinajstić information content (AvgIpc) is 3.03. The van der Waals surface area contributed by atoms with E-state index in [2.05, 4.69) is 15.2 Å². The van der Waals surface area contributed by atoms with E-state index >= 15 is 0 Å². The van der Waals surface area contributed by atoms with Crippen LogP contribution in [-0.2, 0) is 17.1 Å². The molecule has 15 heteroatoms. The summed E-state index contributed by atoms with van der Waals surface area (Å²) in [5.41, 5.74) is -6.47. The van der Waals surface area contributed by atoms with Crippen molar-refractivity contribution in [2.75, 3.05) is 22.7 Å². The molecule has 1 N–H and O–H groups in total. The number of sulfonamides is 1. The van der Waals surface area contributed by atoms with Gasteiger partial charge < -0.3 is 9.47 Å². The summed E-state index contributed by atoms with van der Waals surface area (Å²) in [6, 6.07) is 5.74. The minimum atomic E-state index is -5.76. The Morgan fingerprint density at radius 3 is 2.31 bits per heavy atom. The van der Waals surface area contributed by atoms with Crippen molar-refractivity contribution in [2.45, 2.75) is 19.4 Å². The maximum absolute atomic E-state index is 12.9. The van der Waals surface area contributed by atoms with E-state index in [0.717, 1.165) is 16.7 Å². The van der Waals surface area contributed by atoms with Crippen molar-refractivity contribution in [1.29, 1.82) is 10.5 Å². The number of nitrogens with one attached hydrogen (secondary N) is 1. The number of imidazole rings is 1. The van der Waals surface area contributed by atoms with E-state index < -0.39 is 21.2 Å². The van der Waals surface area contributed by atoms with Gasteiger partial charge in [-0.1, -0.05) is 11.6 Å². The fourth-order valence-electron chi connectivity index (χ4n) is 2.61. The quantitative estimate of drug-likeness (QED) is 0.575. The lowest BCUT2D eigenvalue weighted by molar-refractivity contribution is -0.0429. The molecule has 0 bridgehead atoms. The first-order chi connectivity index (χ1) is 14.9. The molecule has 32 heavy (non-hydrogen) atoms. The Hall–Kier alpha value is -3.36. The number of anilines is 2. The lowest BCUT2D eigenvalue weighted by atomic mass is 10.2. The first kappa shape index (κ1) is 24.9. The topological polar surface area (TPSA) is 140 Å². The predicted molar refractivity (Wildman–Crippen MR) is 110 cm³/mol. The van der Waals surface area contributed by atoms with Crippen LogP contribution >= 0.6 is 11.6 Å². The summed E-state index contributed by atoms with van der Waals surface area (Å²) in [6.45, 7) is 4.47. The first-order valence-corrected chi connectivity index (χ1v) is 10.7. The zero-order valence-corrected chi connectivity index (χ0v) is 18.5. The second-order valence-electron chi connectivity index (χ2n) is 6.14. The molecule has 1 aromatic heterocycles. The van der Waals surface area contributed by atoms with Crippen LogP contribution in [0.4, 0.5) is 36.2 Å². The molecule has 0 aliphatic carbocycles. The smallest absolute Gasteiger partial charge is 0.371 e. The number of rotatable bonds is 7. The number of hydrogen-bond acceptors (Lipinski definition) is 8. The van der Waals surface area contributed by atoms with E-state index in [-0.39, 0.29) is 33.7 Å². The van der Waals surface area contributed by atoms with Crippen LogP contribution in [0.3, 0.4) is 0 Å². The predicted octanol–water partition coefficient (Wildman–Crippen LogP) is 4.34. The Balaban J connectivity index is 2.65. The molecule has 1 aromatic carbocycles. The molecule has 0 spiro atoms. The minimum absolute atomic E-state index is 0.0906. The monoisotopic (exact) mass is 488 g/mol. The highest BCUT2D eigenvalue weighted by atomic mass is 35.5. The van der Waals surface area contributed by atoms with E-state index in [0.29, 0.717) is 13.1 Å². The fraction of sp³-hybridized carbons (Fsp3) is 0.353. The van der Waals surface area contributed by atoms with Crippen molar-refractivity contribution >= 4 is 44.6 Å². The van der Waals surface area contributed by atoms with E-state index in [1.54, 1.807) is 30.9 Å². The van der Waals surface area contributed by atoms with Gasteiger partial charge in [0.05, 0.1) is 16.4 Å². The minimum Gasteiger partial charge on any atom is -0.371 e. The molecule has 0 amide bonds. The summed E-state index contributed by atoms with van der Waals surface area (Å²) in [5, 5.41) is 25.7. The molecule has 0 radical (unpaired) electrons. The van der Waals surface area contributed by atoms with Gasteiger partial charge in [0, 0.05) is 20.1 Å². The van der Waals surface area contributed by atoms with Crippen molar-refractivity contribution in [1.82, 2.24) is 9.55 Å². The Labute approximate surface area is 186 Å². The van der Waals surface area contributed by atoms with Gasteiger partial charge in [0.1, 0.15) is 17.8 Å². The second kappa shape index (κ2) is 9.42. The van der Waals surface area contributed by atoms with Crippen molar-refractivity contribution in [3.63, 3.8) is 0 Å². The highest BCUT2D eigenvalue weighted by Crippen LogP contribution is 2.39. The second-order valence-corrected chi connectivity index (χ2v) is 8.22. The summed E-state index contributed by atoms with van der Waals surface area (Å²) < 4.78 is 64.8. The van der Waals surface area contributed by atoms with Gasteiger partial charge in [0.25, 0.3) is 5.95 Å². The third-order valence-electron chi connectivity index (χ3n) is 4.25. The standard InChI is InChI=1S/C17H16ClF3N8O2S/c1-4-29(5-2)14-7-12(27-32(30,31)17(19,20)21)11(6-10(14)18)25-26-16-24-13(8-22)15(9-23)28(16)3/h6-7,27H,4-5H2,1-3H3. The van der Waals surface area contributed by atoms with E-state index in [4.69, 9.17) is 22.1 Å². The van der Waals surface area contributed by atoms with Gasteiger partial charge in [0.2, 0.25) is 0 Å². The highest BCUT2D eigenvalue weighted by Gasteiger charge is 2.46. The van der Waals surface area contributed by atoms with Crippen molar-refractivity contribution < 1.29 is 21.6 Å². The molecule has 1 heterocycles. The number of hydrogen-bond donors (Lipinski definition) is 1. The number of aromatic nitrogens is 2. The average molecular weight is 489 g/mol. The van der Waals surface area contributed by atoms with Crippen LogP contribution in [0.15, 0.2) is 22.4 Å². The van der Waals surface area contributed by atoms with E-state index in [9.17, 15) is 21.6 Å². The third-order valence-corrected chi connectivity index (χ3v) is 5.65. The molecule has 0 aliphatic rings. The van der Waals surface area contributed by atoms with Crippen LogP contribution in [0.5, 0.6) is 0 Å². The van der Waals surface area contributed by atoms with Crippen molar-refractivity contribution in [3.8, 4) is 12.1 Å². The fourth-order valence-corrected chi connectivity index (χ4v) is 3.45. The third kappa shape index (κ3) is 4.92. The summed E-state index contributed by atoms with van der Waals surface area (Å²) in [5.74, 6) is -0.202. The van der Waals surface area contributed by atoms with Crippen LogP contribution in [0.25, 0.3) is 0 Å². The van der Waals surface area contributed by atoms with Gasteiger partial charge in [-0.3, -0.25) is 4.72 Å². The number of benzene rings is 1. The first-order valence-electron chi connectivity index (χ1n) is 8.86. The van der Waals surface area contributed by atoms with E-state index in [1.807, 2.05) is 0 Å². The molecule has 2 aromatic rings. The van der Waals surface area contributed by atoms with Gasteiger partial charge >= 0.3 is 15.5 Å². The van der Waals surface area contributed by atoms with Gasteiger partial charge in [-0.15, -0.1) is 10.2 Å². The molecule has 170 valence electrons. The maximum atomic E-state index is 12.9. The van der Waals surface area contributed by atoms with Crippen LogP contribution in [0.2, 0.25) is 5.02 Å². The Morgan fingerprint density at radius 2 is 1.84 bits per heavy atom. The maximum Gasteiger partial charge on any atom is 0.516 e.